The molecule has 12 heteroatoms. The number of carbonyl (C=O) groups is 4. The Kier molecular flexibility index (Phi) is 10.6. The Morgan fingerprint density at radius 2 is 1.71 bits per heavy atom. The number of carboxylic acid groups (broad SMARTS) is 1. The molecule has 2 fully saturated rings. The highest BCUT2D eigenvalue weighted by Crippen LogP contribution is 2.45. The van der Waals surface area contributed by atoms with E-state index in [1.54, 1.807) is 7.11 Å². The number of hydrogen-bond donors (Lipinski definition) is 4. The molecule has 4 N–H and O–H groups in total. The fourth-order valence-electron chi connectivity index (χ4n) is 6.43. The number of urea groups is 1. The van der Waals surface area contributed by atoms with Crippen molar-refractivity contribution in [2.75, 3.05) is 13.7 Å². The molecule has 0 bridgehead atoms. The molecule has 2 heterocycles. The topological polar surface area (TPSA) is 159 Å². The minimum atomic E-state index is -1.50. The summed E-state index contributed by atoms with van der Waals surface area (Å²) >= 11 is 0. The number of hydrogen-bond acceptors (Lipinski definition) is 7. The molecule has 1 unspecified atom stereocenters. The van der Waals surface area contributed by atoms with Gasteiger partial charge < -0.3 is 35.4 Å². The fraction of sp³-hybridized carbons (Fsp3) is 0.475. The normalized spacial score (nSPS) is 22.5. The van der Waals surface area contributed by atoms with Crippen LogP contribution in [0.2, 0.25) is 0 Å². The van der Waals surface area contributed by atoms with E-state index in [-0.39, 0.29) is 30.8 Å². The van der Waals surface area contributed by atoms with Gasteiger partial charge in [0.05, 0.1) is 24.9 Å². The van der Waals surface area contributed by atoms with Crippen LogP contribution >= 0.6 is 0 Å². The van der Waals surface area contributed by atoms with Gasteiger partial charge in [0, 0.05) is 41.5 Å². The van der Waals surface area contributed by atoms with Crippen LogP contribution in [0.25, 0.3) is 22.2 Å². The van der Waals surface area contributed by atoms with Crippen LogP contribution in [0.1, 0.15) is 61.3 Å². The van der Waals surface area contributed by atoms with Crippen molar-refractivity contribution in [3.8, 4) is 22.8 Å². The first-order valence-corrected chi connectivity index (χ1v) is 17.6. The number of nitrogens with one attached hydrogen (secondary N) is 3. The predicted molar refractivity (Wildman–Crippen MR) is 199 cm³/mol. The van der Waals surface area contributed by atoms with Crippen LogP contribution in [0.15, 0.2) is 67.3 Å². The van der Waals surface area contributed by atoms with Crippen molar-refractivity contribution in [3.05, 3.63) is 67.3 Å². The highest BCUT2D eigenvalue weighted by atomic mass is 16.5. The van der Waals surface area contributed by atoms with Crippen molar-refractivity contribution in [2.45, 2.75) is 91.1 Å². The first-order chi connectivity index (χ1) is 24.4. The van der Waals surface area contributed by atoms with Crippen LogP contribution in [0.3, 0.4) is 0 Å². The zero-order valence-corrected chi connectivity index (χ0v) is 31.3. The molecule has 1 aliphatic heterocycles. The molecule has 2 aliphatic rings. The van der Waals surface area contributed by atoms with Crippen LogP contribution in [0, 0.1) is 16.7 Å². The van der Waals surface area contributed by atoms with Gasteiger partial charge >= 0.3 is 12.0 Å². The van der Waals surface area contributed by atoms with Crippen LogP contribution in [-0.2, 0) is 14.4 Å². The largest absolute Gasteiger partial charge is 0.497 e. The predicted octanol–water partition coefficient (Wildman–Crippen LogP) is 5.55. The van der Waals surface area contributed by atoms with Crippen LogP contribution in [0.4, 0.5) is 4.79 Å². The van der Waals surface area contributed by atoms with E-state index in [9.17, 15) is 24.3 Å². The summed E-state index contributed by atoms with van der Waals surface area (Å²) in [4.78, 5) is 60.5. The number of ether oxygens (including phenoxy) is 2. The van der Waals surface area contributed by atoms with Crippen LogP contribution in [-0.4, -0.2) is 82.2 Å². The molecule has 12 nitrogen and oxygen atoms in total. The quantitative estimate of drug-likeness (QED) is 0.188. The summed E-state index contributed by atoms with van der Waals surface area (Å²) < 4.78 is 12.1. The summed E-state index contributed by atoms with van der Waals surface area (Å²) in [5, 5.41) is 19.3. The molecule has 1 aromatic heterocycles. The third kappa shape index (κ3) is 8.00. The van der Waals surface area contributed by atoms with Crippen LogP contribution in [0.5, 0.6) is 11.5 Å². The van der Waals surface area contributed by atoms with Crippen LogP contribution < -0.4 is 25.4 Å². The Labute approximate surface area is 305 Å². The number of carbonyl (C=O) groups excluding carboxylic acids is 3. The highest BCUT2D eigenvalue weighted by molar-refractivity contribution is 5.96. The number of rotatable bonds is 11. The summed E-state index contributed by atoms with van der Waals surface area (Å²) in [6, 6.07) is 14.1. The van der Waals surface area contributed by atoms with E-state index in [0.717, 1.165) is 5.56 Å². The maximum Gasteiger partial charge on any atom is 0.330 e. The molecular weight excluding hydrogens is 662 g/mol. The monoisotopic (exact) mass is 713 g/mol. The van der Waals surface area contributed by atoms with E-state index in [1.807, 2.05) is 103 Å². The second kappa shape index (κ2) is 14.5. The maximum atomic E-state index is 14.6. The van der Waals surface area contributed by atoms with E-state index in [2.05, 4.69) is 22.5 Å². The molecule has 0 radical (unpaired) electrons. The Bertz CT molecular complexity index is 1850. The number of carboxylic acids is 1. The molecule has 278 valence electrons. The average molecular weight is 714 g/mol. The lowest BCUT2D eigenvalue weighted by atomic mass is 9.85. The first-order valence-electron chi connectivity index (χ1n) is 17.6. The van der Waals surface area contributed by atoms with Crippen molar-refractivity contribution >= 4 is 34.7 Å². The molecule has 3 aromatic rings. The highest BCUT2D eigenvalue weighted by Gasteiger charge is 2.61. The molecule has 0 spiro atoms. The number of likely N-dealkylation sites (tertiary alicyclic amines) is 1. The van der Waals surface area contributed by atoms with Gasteiger partial charge in [-0.05, 0) is 36.3 Å². The number of nitrogens with zero attached hydrogens (tertiary/aromatic N) is 2. The number of fused-ring (bicyclic) bond motifs is 1. The third-order valence-electron chi connectivity index (χ3n) is 10.3. The number of amides is 4. The molecule has 52 heavy (non-hydrogen) atoms. The van der Waals surface area contributed by atoms with E-state index >= 15 is 0 Å². The van der Waals surface area contributed by atoms with Gasteiger partial charge in [0.15, 0.2) is 0 Å². The van der Waals surface area contributed by atoms with E-state index in [0.29, 0.717) is 28.1 Å². The van der Waals surface area contributed by atoms with Crippen molar-refractivity contribution in [2.24, 2.45) is 16.7 Å². The lowest BCUT2D eigenvalue weighted by Crippen LogP contribution is -2.61. The van der Waals surface area contributed by atoms with Gasteiger partial charge in [0.25, 0.3) is 0 Å². The van der Waals surface area contributed by atoms with Crippen molar-refractivity contribution in [1.82, 2.24) is 25.8 Å². The number of methoxy groups -OCH3 is 1. The minimum Gasteiger partial charge on any atom is -0.497 e. The molecular formula is C40H51N5O7. The van der Waals surface area contributed by atoms with Gasteiger partial charge in [0.1, 0.15) is 35.2 Å². The minimum absolute atomic E-state index is 0.0107. The van der Waals surface area contributed by atoms with Crippen molar-refractivity contribution < 1.29 is 33.8 Å². The maximum absolute atomic E-state index is 14.6. The second-order valence-corrected chi connectivity index (χ2v) is 16.1. The zero-order valence-electron chi connectivity index (χ0n) is 31.3. The van der Waals surface area contributed by atoms with Gasteiger partial charge in [-0.1, -0.05) is 78.0 Å². The van der Waals surface area contributed by atoms with Gasteiger partial charge in [-0.25, -0.2) is 14.6 Å². The molecule has 2 aromatic carbocycles. The van der Waals surface area contributed by atoms with E-state index in [1.165, 1.54) is 11.0 Å². The fourth-order valence-corrected chi connectivity index (χ4v) is 6.43. The summed E-state index contributed by atoms with van der Waals surface area (Å²) in [5.74, 6) is -1.58. The van der Waals surface area contributed by atoms with E-state index < -0.39 is 58.9 Å². The Morgan fingerprint density at radius 1 is 1.02 bits per heavy atom. The summed E-state index contributed by atoms with van der Waals surface area (Å²) in [5.41, 5.74) is -0.307. The Morgan fingerprint density at radius 3 is 2.29 bits per heavy atom. The number of pyridine rings is 1. The average Bonchev–Trinajstić information content (AvgIpc) is 3.65. The van der Waals surface area contributed by atoms with Gasteiger partial charge in [-0.2, -0.15) is 0 Å². The lowest BCUT2D eigenvalue weighted by Gasteiger charge is -2.36. The zero-order chi connectivity index (χ0) is 38.2. The number of benzene rings is 2. The van der Waals surface area contributed by atoms with Gasteiger partial charge in [0.2, 0.25) is 11.8 Å². The van der Waals surface area contributed by atoms with Gasteiger partial charge in [-0.15, -0.1) is 6.58 Å². The summed E-state index contributed by atoms with van der Waals surface area (Å²) in [6.45, 7) is 17.2. The molecule has 1 aliphatic carbocycles. The Hall–Kier alpha value is -5.13. The molecule has 1 saturated heterocycles. The third-order valence-corrected chi connectivity index (χ3v) is 10.3. The summed E-state index contributed by atoms with van der Waals surface area (Å²) in [6.07, 6.45) is 1.13. The first kappa shape index (κ1) is 38.1. The van der Waals surface area contributed by atoms with E-state index in [4.69, 9.17) is 14.5 Å². The Balaban J connectivity index is 1.50. The number of aromatic nitrogens is 1. The lowest BCUT2D eigenvalue weighted by molar-refractivity contribution is -0.146. The SMILES string of the molecule is C=C[C@H]1CC1(NC(=O)[C@@H]1C[C@@H](Oc2cc(-c3ccccc3)nc3cc(OC)ccc23)CN1C(=O)[C@@H](NC(=O)N[C@H](C)C(C)(C)C)C(C)(C)C)C(=O)O. The summed E-state index contributed by atoms with van der Waals surface area (Å²) in [7, 11) is 1.58. The molecule has 4 amide bonds. The van der Waals surface area contributed by atoms with Crippen molar-refractivity contribution in [3.63, 3.8) is 0 Å². The standard InChI is InChI=1S/C40H51N5O7/c1-10-25-21-40(25,36(48)49)44-34(46)31-19-27(22-45(31)35(47)33(39(6,7)8)43-37(50)41-23(2)38(3,4)5)52-32-20-29(24-14-12-11-13-15-24)42-30-18-26(51-9)16-17-28(30)32/h10-18,20,23,25,27,31,33H,1,19,21-22H2,2-9H3,(H,44,46)(H,48,49)(H2,41,43,50)/t23-,25+,27-,31+,33-,40?/m1/s1. The molecule has 5 rings (SSSR count). The number of aliphatic carboxylic acids is 1. The molecule has 6 atom stereocenters. The molecule has 1 saturated carbocycles. The second-order valence-electron chi connectivity index (χ2n) is 16.1. The van der Waals surface area contributed by atoms with Gasteiger partial charge in [-0.3, -0.25) is 9.59 Å². The smallest absolute Gasteiger partial charge is 0.330 e. The van der Waals surface area contributed by atoms with Crippen molar-refractivity contribution in [1.29, 1.82) is 0 Å².